The van der Waals surface area contributed by atoms with Crippen molar-refractivity contribution in [1.29, 1.82) is 0 Å². The third-order valence-electron chi connectivity index (χ3n) is 5.01. The molecule has 0 spiro atoms. The number of rotatable bonds is 5. The average molecular weight is 404 g/mol. The molecular weight excluding hydrogens is 382 g/mol. The van der Waals surface area contributed by atoms with Crippen LogP contribution in [0.5, 0.6) is 5.75 Å². The van der Waals surface area contributed by atoms with Crippen LogP contribution >= 0.6 is 23.4 Å². The van der Waals surface area contributed by atoms with Gasteiger partial charge in [-0.15, -0.1) is 11.8 Å². The van der Waals surface area contributed by atoms with Crippen molar-refractivity contribution < 1.29 is 14.3 Å². The molecule has 1 aliphatic heterocycles. The van der Waals surface area contributed by atoms with E-state index in [4.69, 9.17) is 21.1 Å². The van der Waals surface area contributed by atoms with E-state index in [0.29, 0.717) is 17.4 Å². The lowest BCUT2D eigenvalue weighted by molar-refractivity contribution is -0.119. The molecular formula is C21H22ClNO3S. The van der Waals surface area contributed by atoms with Gasteiger partial charge in [-0.05, 0) is 37.1 Å². The van der Waals surface area contributed by atoms with Crippen molar-refractivity contribution in [2.24, 2.45) is 5.92 Å². The lowest BCUT2D eigenvalue weighted by Gasteiger charge is -2.21. The predicted molar refractivity (Wildman–Crippen MR) is 108 cm³/mol. The number of ether oxygens (including phenoxy) is 2. The van der Waals surface area contributed by atoms with E-state index in [1.165, 1.54) is 0 Å². The smallest absolute Gasteiger partial charge is 0.227 e. The minimum absolute atomic E-state index is 0.140. The summed E-state index contributed by atoms with van der Waals surface area (Å²) >= 11 is 7.93. The largest absolute Gasteiger partial charge is 0.467 e. The second-order valence-electron chi connectivity index (χ2n) is 6.92. The topological polar surface area (TPSA) is 47.6 Å². The van der Waals surface area contributed by atoms with Crippen LogP contribution in [0.1, 0.15) is 36.8 Å². The highest BCUT2D eigenvalue weighted by Gasteiger charge is 2.23. The van der Waals surface area contributed by atoms with Gasteiger partial charge in [0.05, 0.1) is 12.3 Å². The summed E-state index contributed by atoms with van der Waals surface area (Å²) < 4.78 is 11.0. The fraction of sp³-hybridized carbons (Fsp3) is 0.381. The maximum absolute atomic E-state index is 12.5. The summed E-state index contributed by atoms with van der Waals surface area (Å²) in [7, 11) is 0. The quantitative estimate of drug-likeness (QED) is 0.657. The van der Waals surface area contributed by atoms with Gasteiger partial charge in [0.25, 0.3) is 0 Å². The third kappa shape index (κ3) is 4.42. The monoisotopic (exact) mass is 403 g/mol. The van der Waals surface area contributed by atoms with Crippen LogP contribution in [0.4, 0.5) is 5.69 Å². The average Bonchev–Trinajstić information content (AvgIpc) is 3.22. The van der Waals surface area contributed by atoms with Gasteiger partial charge < -0.3 is 14.8 Å². The summed E-state index contributed by atoms with van der Waals surface area (Å²) in [6, 6.07) is 11.8. The van der Waals surface area contributed by atoms with Crippen molar-refractivity contribution in [2.75, 3.05) is 12.1 Å². The first-order valence-electron chi connectivity index (χ1n) is 9.25. The molecule has 142 valence electrons. The first-order chi connectivity index (χ1) is 13.2. The van der Waals surface area contributed by atoms with Gasteiger partial charge >= 0.3 is 0 Å². The molecule has 0 saturated heterocycles. The molecule has 1 aliphatic carbocycles. The number of carbonyl (C=O) groups excluding carboxylic acids is 1. The Morgan fingerprint density at radius 1 is 1.22 bits per heavy atom. The van der Waals surface area contributed by atoms with Crippen molar-refractivity contribution in [3.63, 3.8) is 0 Å². The summed E-state index contributed by atoms with van der Waals surface area (Å²) in [6.07, 6.45) is 4.29. The minimum atomic E-state index is 0.140. The molecule has 4 nitrogen and oxygen atoms in total. The predicted octanol–water partition coefficient (Wildman–Crippen LogP) is 5.63. The molecule has 1 N–H and O–H groups in total. The second-order valence-corrected chi connectivity index (χ2v) is 8.37. The normalized spacial score (nSPS) is 16.6. The van der Waals surface area contributed by atoms with E-state index in [9.17, 15) is 4.79 Å². The number of para-hydroxylation sites is 1. The summed E-state index contributed by atoms with van der Waals surface area (Å²) in [5.74, 6) is 1.86. The molecule has 0 unspecified atom stereocenters. The molecule has 0 aromatic heterocycles. The third-order valence-corrected chi connectivity index (χ3v) is 6.35. The van der Waals surface area contributed by atoms with Gasteiger partial charge in [0.1, 0.15) is 5.75 Å². The molecule has 0 atom stereocenters. The molecule has 2 aromatic rings. The highest BCUT2D eigenvalue weighted by atomic mass is 35.5. The Labute approximate surface area is 168 Å². The maximum atomic E-state index is 12.5. The van der Waals surface area contributed by atoms with E-state index in [2.05, 4.69) is 5.32 Å². The van der Waals surface area contributed by atoms with Crippen molar-refractivity contribution in [2.45, 2.75) is 42.9 Å². The van der Waals surface area contributed by atoms with Crippen molar-refractivity contribution in [1.82, 2.24) is 0 Å². The fourth-order valence-corrected chi connectivity index (χ4v) is 4.88. The first kappa shape index (κ1) is 18.7. The van der Waals surface area contributed by atoms with Crippen LogP contribution < -0.4 is 10.1 Å². The van der Waals surface area contributed by atoms with Gasteiger partial charge in [0.2, 0.25) is 5.91 Å². The van der Waals surface area contributed by atoms with Crippen molar-refractivity contribution in [3.05, 3.63) is 52.5 Å². The zero-order valence-electron chi connectivity index (χ0n) is 15.0. The molecule has 1 heterocycles. The minimum Gasteiger partial charge on any atom is -0.467 e. The lowest BCUT2D eigenvalue weighted by atomic mass is 10.1. The zero-order chi connectivity index (χ0) is 18.6. The Morgan fingerprint density at radius 3 is 2.89 bits per heavy atom. The van der Waals surface area contributed by atoms with Crippen LogP contribution in [0.15, 0.2) is 41.3 Å². The first-order valence-corrected chi connectivity index (χ1v) is 10.6. The molecule has 0 bridgehead atoms. The van der Waals surface area contributed by atoms with Crippen LogP contribution in [-0.2, 0) is 21.9 Å². The summed E-state index contributed by atoms with van der Waals surface area (Å²) in [4.78, 5) is 13.6. The molecule has 2 aromatic carbocycles. The number of hydrogen-bond acceptors (Lipinski definition) is 4. The molecule has 1 fully saturated rings. The standard InChI is InChI=1S/C21H22ClNO3S/c22-17-9-15-11-25-13-26-20(15)16(10-17)12-27-19-8-4-3-7-18(19)23-21(24)14-5-1-2-6-14/h3-4,7-10,14H,1-2,5-6,11-13H2,(H,23,24). The molecule has 0 radical (unpaired) electrons. The summed E-state index contributed by atoms with van der Waals surface area (Å²) in [5, 5.41) is 3.81. The van der Waals surface area contributed by atoms with E-state index in [0.717, 1.165) is 53.1 Å². The SMILES string of the molecule is O=C(Nc1ccccc1SCc1cc(Cl)cc2c1OCOC2)C1CCCC1. The highest BCUT2D eigenvalue weighted by molar-refractivity contribution is 7.98. The van der Waals surface area contributed by atoms with E-state index >= 15 is 0 Å². The lowest BCUT2D eigenvalue weighted by Crippen LogP contribution is -2.20. The number of halogens is 1. The zero-order valence-corrected chi connectivity index (χ0v) is 16.6. The Hall–Kier alpha value is -1.69. The number of fused-ring (bicyclic) bond motifs is 1. The van der Waals surface area contributed by atoms with Gasteiger partial charge in [-0.25, -0.2) is 0 Å². The Balaban J connectivity index is 1.49. The number of benzene rings is 2. The van der Waals surface area contributed by atoms with Crippen LogP contribution in [-0.4, -0.2) is 12.7 Å². The number of anilines is 1. The number of nitrogens with one attached hydrogen (secondary N) is 1. The molecule has 27 heavy (non-hydrogen) atoms. The second kappa shape index (κ2) is 8.55. The molecule has 6 heteroatoms. The van der Waals surface area contributed by atoms with Crippen LogP contribution in [0.3, 0.4) is 0 Å². The van der Waals surface area contributed by atoms with Gasteiger partial charge in [-0.1, -0.05) is 36.6 Å². The van der Waals surface area contributed by atoms with E-state index in [-0.39, 0.29) is 18.6 Å². The van der Waals surface area contributed by atoms with E-state index < -0.39 is 0 Å². The molecule has 2 aliphatic rings. The maximum Gasteiger partial charge on any atom is 0.227 e. The molecule has 4 rings (SSSR count). The van der Waals surface area contributed by atoms with Gasteiger partial charge in [-0.3, -0.25) is 4.79 Å². The van der Waals surface area contributed by atoms with Crippen LogP contribution in [0.2, 0.25) is 5.02 Å². The Kier molecular flexibility index (Phi) is 5.91. The Morgan fingerprint density at radius 2 is 2.04 bits per heavy atom. The van der Waals surface area contributed by atoms with Crippen molar-refractivity contribution in [3.8, 4) is 5.75 Å². The molecule has 1 saturated carbocycles. The van der Waals surface area contributed by atoms with Gasteiger partial charge in [-0.2, -0.15) is 0 Å². The van der Waals surface area contributed by atoms with E-state index in [1.54, 1.807) is 11.8 Å². The fourth-order valence-electron chi connectivity index (χ4n) is 3.64. The van der Waals surface area contributed by atoms with Crippen LogP contribution in [0.25, 0.3) is 0 Å². The van der Waals surface area contributed by atoms with E-state index in [1.807, 2.05) is 36.4 Å². The summed E-state index contributed by atoms with van der Waals surface area (Å²) in [5.41, 5.74) is 2.90. The number of carbonyl (C=O) groups is 1. The highest BCUT2D eigenvalue weighted by Crippen LogP contribution is 2.37. The van der Waals surface area contributed by atoms with Gasteiger partial charge in [0, 0.05) is 32.7 Å². The number of thioether (sulfide) groups is 1. The Bertz CT molecular complexity index is 836. The van der Waals surface area contributed by atoms with Crippen molar-refractivity contribution >= 4 is 35.0 Å². The summed E-state index contributed by atoms with van der Waals surface area (Å²) in [6.45, 7) is 0.780. The number of hydrogen-bond donors (Lipinski definition) is 1. The van der Waals surface area contributed by atoms with Gasteiger partial charge in [0.15, 0.2) is 6.79 Å². The van der Waals surface area contributed by atoms with Crippen LogP contribution in [0, 0.1) is 5.92 Å². The molecule has 1 amide bonds. The number of amides is 1.